The normalized spacial score (nSPS) is 23.0. The Morgan fingerprint density at radius 1 is 0.574 bits per heavy atom. The van der Waals surface area contributed by atoms with Gasteiger partial charge in [0.2, 0.25) is 18.1 Å². The molecule has 3 heterocycles. The van der Waals surface area contributed by atoms with Crippen molar-refractivity contribution < 1.29 is 133 Å². The molecule has 68 heavy (non-hydrogen) atoms. The highest BCUT2D eigenvalue weighted by Gasteiger charge is 2.57. The number of aliphatic carboxylic acids is 1. The van der Waals surface area contributed by atoms with Gasteiger partial charge >= 0.3 is 41.8 Å². The predicted molar refractivity (Wildman–Crippen MR) is 207 cm³/mol. The lowest BCUT2D eigenvalue weighted by Crippen LogP contribution is -2.63. The van der Waals surface area contributed by atoms with Crippen molar-refractivity contribution >= 4 is 41.8 Å². The summed E-state index contributed by atoms with van der Waals surface area (Å²) < 4.78 is 38.6. The first-order valence-electron chi connectivity index (χ1n) is 19.1. The van der Waals surface area contributed by atoms with E-state index in [4.69, 9.17) is 33.2 Å². The average molecular weight is 957 g/mol. The minimum absolute atomic E-state index is 0.449. The number of aliphatic hydroxyl groups is 1. The minimum atomic E-state index is -2.57. The number of benzene rings is 4. The quantitative estimate of drug-likeness (QED) is 0.0455. The average Bonchev–Trinajstić information content (AvgIpc) is 3.28. The van der Waals surface area contributed by atoms with Crippen molar-refractivity contribution in [2.24, 2.45) is 5.92 Å². The summed E-state index contributed by atoms with van der Waals surface area (Å²) in [6.45, 7) is -1.28. The van der Waals surface area contributed by atoms with Crippen molar-refractivity contribution in [3.05, 3.63) is 70.3 Å². The Morgan fingerprint density at radius 3 is 1.54 bits per heavy atom. The number of hydrogen-bond acceptors (Lipinski definition) is 26. The Morgan fingerprint density at radius 2 is 1.04 bits per heavy atom. The topological polar surface area (TPSA) is 447 Å². The molecule has 358 valence electrons. The van der Waals surface area contributed by atoms with E-state index < -0.39 is 200 Å². The zero-order valence-corrected chi connectivity index (χ0v) is 33.6. The van der Waals surface area contributed by atoms with Gasteiger partial charge in [-0.25, -0.2) is 24.0 Å². The number of aromatic hydroxyl groups is 11. The SMILES string of the molecule is O=C(O)C[C@@H]1C(=O)O[C@H]2[C@H](OC(=O)c3cc(O)c(O)c(O)c3)[C@@H](OC(=O)c3cc(O)c(O)c4c3[C@H]1[C@H](O)C(=O)O4)[C@H](OC(=O)c1cc(O)c(O)c(O)c1)O[C@@H]2COC(=O)c1cc(O)c(O)c(O)c1. The van der Waals surface area contributed by atoms with Crippen LogP contribution in [0.2, 0.25) is 0 Å². The van der Waals surface area contributed by atoms with Crippen LogP contribution in [-0.4, -0.2) is 152 Å². The van der Waals surface area contributed by atoms with E-state index in [1.807, 2.05) is 0 Å². The predicted octanol–water partition coefficient (Wildman–Crippen LogP) is 0.0179. The number of esters is 6. The molecule has 1 saturated heterocycles. The molecule has 4 aromatic carbocycles. The zero-order valence-electron chi connectivity index (χ0n) is 33.6. The van der Waals surface area contributed by atoms with E-state index in [-0.39, 0.29) is 0 Å². The lowest BCUT2D eigenvalue weighted by Gasteiger charge is -2.44. The standard InChI is InChI=1S/C41H32O27/c42-15-1-10(2-16(43)26(15)51)35(56)62-9-22-31-33(66-36(57)11-3-17(44)27(52)18(45)4-11)34(41(63-22)68-37(58)12-5-19(46)28(53)20(47)6-12)67-38(59)13-7-21(48)29(54)32-25(13)24(30(55)40(61)65-32)14(8-23(49)50)39(60)64-31/h1-7,14,22,24,30-31,33-34,41-48,51-55H,8-9H2,(H,49,50)/t14-,22+,24-,30-,31+,33-,34+,41-/m0/s1. The highest BCUT2D eigenvalue weighted by molar-refractivity contribution is 5.98. The smallest absolute Gasteiger partial charge is 0.341 e. The second-order valence-electron chi connectivity index (χ2n) is 14.9. The van der Waals surface area contributed by atoms with Crippen LogP contribution in [0.3, 0.4) is 0 Å². The number of carboxylic acid groups (broad SMARTS) is 1. The molecule has 0 unspecified atom stereocenters. The largest absolute Gasteiger partial charge is 0.504 e. The summed E-state index contributed by atoms with van der Waals surface area (Å²) in [6.07, 6.45) is -16.3. The number of carbonyl (C=O) groups is 7. The number of carbonyl (C=O) groups excluding carboxylic acids is 6. The van der Waals surface area contributed by atoms with Crippen LogP contribution in [-0.2, 0) is 42.8 Å². The number of phenols is 11. The third-order valence-corrected chi connectivity index (χ3v) is 10.6. The first-order chi connectivity index (χ1) is 32.0. The van der Waals surface area contributed by atoms with Crippen molar-refractivity contribution in [1.82, 2.24) is 0 Å². The number of rotatable bonds is 9. The van der Waals surface area contributed by atoms with E-state index in [0.717, 1.165) is 0 Å². The Bertz CT molecular complexity index is 2750. The fourth-order valence-electron chi connectivity index (χ4n) is 7.37. The van der Waals surface area contributed by atoms with Gasteiger partial charge in [-0.2, -0.15) is 0 Å². The number of aliphatic hydroxyl groups excluding tert-OH is 1. The third kappa shape index (κ3) is 8.58. The van der Waals surface area contributed by atoms with Crippen molar-refractivity contribution in [3.8, 4) is 69.0 Å². The molecule has 2 bridgehead atoms. The van der Waals surface area contributed by atoms with Gasteiger partial charge in [-0.05, 0) is 42.5 Å². The second kappa shape index (κ2) is 17.7. The Hall–Kier alpha value is -9.11. The van der Waals surface area contributed by atoms with Crippen molar-refractivity contribution in [2.45, 2.75) is 49.1 Å². The summed E-state index contributed by atoms with van der Waals surface area (Å²) in [5, 5.41) is 133. The molecular formula is C41H32O27. The van der Waals surface area contributed by atoms with Gasteiger partial charge in [0.25, 0.3) is 0 Å². The van der Waals surface area contributed by atoms with Crippen LogP contribution < -0.4 is 4.74 Å². The summed E-state index contributed by atoms with van der Waals surface area (Å²) in [7, 11) is 0. The van der Waals surface area contributed by atoms with Crippen LogP contribution in [0.1, 0.15) is 59.3 Å². The zero-order chi connectivity index (χ0) is 49.8. The molecule has 0 spiro atoms. The number of hydrogen-bond donors (Lipinski definition) is 13. The van der Waals surface area contributed by atoms with Gasteiger partial charge in [-0.1, -0.05) is 0 Å². The van der Waals surface area contributed by atoms with Crippen molar-refractivity contribution in [1.29, 1.82) is 0 Å². The Labute approximate surface area is 375 Å². The number of ether oxygens (including phenoxy) is 7. The number of fused-ring (bicyclic) bond motifs is 2. The van der Waals surface area contributed by atoms with Gasteiger partial charge < -0.3 is 99.5 Å². The summed E-state index contributed by atoms with van der Waals surface area (Å²) in [6, 6.07) is 3.84. The molecule has 13 N–H and O–H groups in total. The lowest BCUT2D eigenvalue weighted by molar-refractivity contribution is -0.287. The molecule has 27 heteroatoms. The summed E-state index contributed by atoms with van der Waals surface area (Å²) in [4.78, 5) is 95.4. The number of phenolic OH excluding ortho intramolecular Hbond substituents is 11. The summed E-state index contributed by atoms with van der Waals surface area (Å²) in [5.74, 6) is -29.8. The van der Waals surface area contributed by atoms with E-state index in [1.165, 1.54) is 0 Å². The van der Waals surface area contributed by atoms with Crippen LogP contribution >= 0.6 is 0 Å². The van der Waals surface area contributed by atoms with Crippen LogP contribution in [0, 0.1) is 5.92 Å². The van der Waals surface area contributed by atoms with E-state index in [0.29, 0.717) is 42.5 Å². The molecule has 8 atom stereocenters. The fourth-order valence-corrected chi connectivity index (χ4v) is 7.37. The highest BCUT2D eigenvalue weighted by Crippen LogP contribution is 2.51. The maximum atomic E-state index is 14.5. The number of carboxylic acids is 1. The fraction of sp³-hybridized carbons (Fsp3) is 0.244. The summed E-state index contributed by atoms with van der Waals surface area (Å²) >= 11 is 0. The van der Waals surface area contributed by atoms with Gasteiger partial charge in [0.15, 0.2) is 81.6 Å². The van der Waals surface area contributed by atoms with Gasteiger partial charge in [-0.3, -0.25) is 9.59 Å². The van der Waals surface area contributed by atoms with Crippen LogP contribution in [0.15, 0.2) is 42.5 Å². The molecule has 7 rings (SSSR count). The van der Waals surface area contributed by atoms with E-state index in [9.17, 15) is 99.9 Å². The van der Waals surface area contributed by atoms with Crippen molar-refractivity contribution in [3.63, 3.8) is 0 Å². The van der Waals surface area contributed by atoms with Gasteiger partial charge in [0.05, 0.1) is 34.6 Å². The lowest BCUT2D eigenvalue weighted by atomic mass is 9.76. The molecule has 0 aromatic heterocycles. The molecule has 27 nitrogen and oxygen atoms in total. The molecule has 0 amide bonds. The minimum Gasteiger partial charge on any atom is -0.504 e. The molecule has 4 aromatic rings. The van der Waals surface area contributed by atoms with Gasteiger partial charge in [0, 0.05) is 11.5 Å². The maximum Gasteiger partial charge on any atom is 0.341 e. The van der Waals surface area contributed by atoms with E-state index >= 15 is 0 Å². The highest BCUT2D eigenvalue weighted by atomic mass is 16.7. The van der Waals surface area contributed by atoms with E-state index in [2.05, 4.69) is 0 Å². The molecule has 0 aliphatic carbocycles. The molecule has 1 fully saturated rings. The maximum absolute atomic E-state index is 14.5. The molecule has 0 saturated carbocycles. The molecule has 3 aliphatic rings. The molecular weight excluding hydrogens is 924 g/mol. The first kappa shape index (κ1) is 46.9. The molecule has 3 aliphatic heterocycles. The van der Waals surface area contributed by atoms with Gasteiger partial charge in [0.1, 0.15) is 12.7 Å². The Kier molecular flexibility index (Phi) is 12.2. The monoisotopic (exact) mass is 956 g/mol. The van der Waals surface area contributed by atoms with E-state index in [1.54, 1.807) is 0 Å². The van der Waals surface area contributed by atoms with Crippen molar-refractivity contribution in [2.75, 3.05) is 6.61 Å². The van der Waals surface area contributed by atoms with Crippen LogP contribution in [0.4, 0.5) is 0 Å². The summed E-state index contributed by atoms with van der Waals surface area (Å²) in [5.41, 5.74) is -4.15. The van der Waals surface area contributed by atoms with Gasteiger partial charge in [-0.15, -0.1) is 0 Å². The third-order valence-electron chi connectivity index (χ3n) is 10.6. The Balaban J connectivity index is 1.44. The second-order valence-corrected chi connectivity index (χ2v) is 14.9. The van der Waals surface area contributed by atoms with Crippen LogP contribution in [0.5, 0.6) is 69.0 Å². The first-order valence-corrected chi connectivity index (χ1v) is 19.1. The molecule has 0 radical (unpaired) electrons. The van der Waals surface area contributed by atoms with Crippen LogP contribution in [0.25, 0.3) is 0 Å².